The highest BCUT2D eigenvalue weighted by Crippen LogP contribution is 2.17. The Morgan fingerprint density at radius 1 is 0.853 bits per heavy atom. The fourth-order valence-corrected chi connectivity index (χ4v) is 2.11. The molecule has 0 atom stereocenters. The minimum absolute atomic E-state index is 0.0764. The predicted molar refractivity (Wildman–Crippen MR) is 125 cm³/mol. The number of rotatable bonds is 10. The molecular weight excluding hydrogens is 444 g/mol. The average molecular weight is 475 g/mol. The molecule has 2 aromatic carbocycles. The van der Waals surface area contributed by atoms with Gasteiger partial charge in [-0.1, -0.05) is 19.9 Å². The average Bonchev–Trinajstić information content (AvgIpc) is 2.84. The molecule has 0 aliphatic carbocycles. The van der Waals surface area contributed by atoms with Crippen LogP contribution in [0.15, 0.2) is 61.2 Å². The summed E-state index contributed by atoms with van der Waals surface area (Å²) in [6, 6.07) is 11.0. The van der Waals surface area contributed by atoms with E-state index in [-0.39, 0.29) is 35.8 Å². The zero-order valence-electron chi connectivity index (χ0n) is 19.5. The maximum Gasteiger partial charge on any atom is 0.513 e. The minimum Gasteiger partial charge on any atom is -0.478 e. The minimum atomic E-state index is -1.08. The largest absolute Gasteiger partial charge is 0.513 e. The van der Waals surface area contributed by atoms with Crippen molar-refractivity contribution in [2.45, 2.75) is 33.6 Å². The van der Waals surface area contributed by atoms with E-state index in [1.807, 2.05) is 20.8 Å². The van der Waals surface area contributed by atoms with E-state index in [2.05, 4.69) is 11.3 Å². The van der Waals surface area contributed by atoms with Crippen LogP contribution in [0.2, 0.25) is 0 Å². The second kappa shape index (κ2) is 18.4. The lowest BCUT2D eigenvalue weighted by Crippen LogP contribution is -2.12. The molecule has 0 amide bonds. The molecule has 9 nitrogen and oxygen atoms in total. The van der Waals surface area contributed by atoms with Crippen molar-refractivity contribution in [2.24, 2.45) is 0 Å². The van der Waals surface area contributed by atoms with E-state index in [4.69, 9.17) is 19.3 Å². The third-order valence-corrected chi connectivity index (χ3v) is 3.55. The highest BCUT2D eigenvalue weighted by atomic mass is 16.7. The Morgan fingerprint density at radius 3 is 1.82 bits per heavy atom. The first-order chi connectivity index (χ1) is 16.4. The van der Waals surface area contributed by atoms with Crippen LogP contribution in [0.4, 0.5) is 4.79 Å². The molecule has 34 heavy (non-hydrogen) atoms. The van der Waals surface area contributed by atoms with Crippen molar-refractivity contribution in [2.75, 3.05) is 13.2 Å². The summed E-state index contributed by atoms with van der Waals surface area (Å²) in [5, 5.41) is 8.85. The fourth-order valence-electron chi connectivity index (χ4n) is 2.11. The summed E-state index contributed by atoms with van der Waals surface area (Å²) in [6.07, 6.45) is 1.93. The second-order valence-electron chi connectivity index (χ2n) is 6.03. The van der Waals surface area contributed by atoms with Crippen molar-refractivity contribution in [3.63, 3.8) is 0 Å². The Kier molecular flexibility index (Phi) is 16.2. The third kappa shape index (κ3) is 12.7. The van der Waals surface area contributed by atoms with Crippen LogP contribution in [-0.2, 0) is 14.3 Å². The van der Waals surface area contributed by atoms with E-state index < -0.39 is 18.1 Å². The summed E-state index contributed by atoms with van der Waals surface area (Å²) >= 11 is 0. The van der Waals surface area contributed by atoms with Gasteiger partial charge in [-0.2, -0.15) is 0 Å². The summed E-state index contributed by atoms with van der Waals surface area (Å²) in [7, 11) is 0. The maximum absolute atomic E-state index is 12.1. The Balaban J connectivity index is 0.00000201. The fraction of sp³-hybridized carbons (Fsp3) is 0.280. The number of carboxylic acids is 1. The summed E-state index contributed by atoms with van der Waals surface area (Å²) < 4.78 is 19.5. The Labute approximate surface area is 198 Å². The number of carbonyl (C=O) groups is 4. The maximum atomic E-state index is 12.1. The molecule has 0 heterocycles. The van der Waals surface area contributed by atoms with E-state index in [1.54, 1.807) is 6.08 Å². The molecule has 0 saturated carbocycles. The molecule has 0 radical (unpaired) electrons. The lowest BCUT2D eigenvalue weighted by Gasteiger charge is -2.07. The molecule has 0 bridgehead atoms. The van der Waals surface area contributed by atoms with Gasteiger partial charge in [0.05, 0.1) is 24.3 Å². The van der Waals surface area contributed by atoms with Gasteiger partial charge in [-0.15, -0.1) is 6.58 Å². The number of aromatic carboxylic acids is 1. The molecule has 0 fully saturated rings. The summed E-state index contributed by atoms with van der Waals surface area (Å²) in [4.78, 5) is 44.5. The molecule has 184 valence electrons. The second-order valence-corrected chi connectivity index (χ2v) is 6.03. The SMILES string of the molecule is C=CC.CC.O=COCCCCOC(=O)Oc1ccc(C(=O)Oc2ccc(C(=O)O)cc2)cc1. The number of unbranched alkanes of at least 4 members (excludes halogenated alkanes) is 1. The molecule has 9 heteroatoms. The highest BCUT2D eigenvalue weighted by molar-refractivity contribution is 5.91. The topological polar surface area (TPSA) is 125 Å². The molecule has 0 aliphatic rings. The van der Waals surface area contributed by atoms with E-state index in [0.29, 0.717) is 19.3 Å². The van der Waals surface area contributed by atoms with Crippen molar-refractivity contribution in [3.8, 4) is 11.5 Å². The van der Waals surface area contributed by atoms with E-state index in [0.717, 1.165) is 0 Å². The van der Waals surface area contributed by atoms with Gasteiger partial charge < -0.3 is 24.1 Å². The molecule has 0 spiro atoms. The van der Waals surface area contributed by atoms with E-state index in [1.165, 1.54) is 48.5 Å². The zero-order valence-corrected chi connectivity index (χ0v) is 19.5. The molecule has 1 N–H and O–H groups in total. The Morgan fingerprint density at radius 2 is 1.32 bits per heavy atom. The van der Waals surface area contributed by atoms with E-state index >= 15 is 0 Å². The van der Waals surface area contributed by atoms with Crippen molar-refractivity contribution in [3.05, 3.63) is 72.3 Å². The van der Waals surface area contributed by atoms with Crippen LogP contribution in [-0.4, -0.2) is 42.9 Å². The van der Waals surface area contributed by atoms with Crippen LogP contribution in [0.25, 0.3) is 0 Å². The monoisotopic (exact) mass is 474 g/mol. The number of benzene rings is 2. The first-order valence-electron chi connectivity index (χ1n) is 10.5. The molecule has 0 unspecified atom stereocenters. The highest BCUT2D eigenvalue weighted by Gasteiger charge is 2.11. The zero-order chi connectivity index (χ0) is 25.8. The number of esters is 1. The van der Waals surface area contributed by atoms with Crippen LogP contribution < -0.4 is 9.47 Å². The number of allylic oxidation sites excluding steroid dienone is 1. The lowest BCUT2D eigenvalue weighted by atomic mass is 10.2. The van der Waals surface area contributed by atoms with Gasteiger partial charge in [-0.05, 0) is 68.3 Å². The molecule has 2 rings (SSSR count). The summed E-state index contributed by atoms with van der Waals surface area (Å²) in [5.41, 5.74) is 0.288. The van der Waals surface area contributed by atoms with Crippen LogP contribution >= 0.6 is 0 Å². The number of carbonyl (C=O) groups excluding carboxylic acids is 3. The predicted octanol–water partition coefficient (Wildman–Crippen LogP) is 5.29. The van der Waals surface area contributed by atoms with Crippen molar-refractivity contribution in [1.82, 2.24) is 0 Å². The van der Waals surface area contributed by atoms with Gasteiger partial charge in [0.1, 0.15) is 11.5 Å². The Bertz CT molecular complexity index is 888. The smallest absolute Gasteiger partial charge is 0.478 e. The van der Waals surface area contributed by atoms with Crippen molar-refractivity contribution in [1.29, 1.82) is 0 Å². The lowest BCUT2D eigenvalue weighted by molar-refractivity contribution is -0.128. The standard InChI is InChI=1S/C20H18O9.C3H6.C2H6/c21-13-26-11-1-2-12-27-20(25)29-17-9-5-15(6-10-17)19(24)28-16-7-3-14(4-8-16)18(22)23;1-3-2;1-2/h3-10,13H,1-2,11-12H2,(H,22,23);3H,1H2,2H3;1-2H3. The van der Waals surface area contributed by atoms with Gasteiger partial charge in [0.2, 0.25) is 0 Å². The molecular formula is C25H30O9. The third-order valence-electron chi connectivity index (χ3n) is 3.55. The Hall–Kier alpha value is -4.14. The van der Waals surface area contributed by atoms with Crippen molar-refractivity contribution < 1.29 is 43.2 Å². The van der Waals surface area contributed by atoms with Crippen LogP contribution in [0.1, 0.15) is 54.3 Å². The number of hydrogen-bond donors (Lipinski definition) is 1. The molecule has 0 aromatic heterocycles. The number of ether oxygens (including phenoxy) is 4. The van der Waals surface area contributed by atoms with Crippen LogP contribution in [0.5, 0.6) is 11.5 Å². The summed E-state index contributed by atoms with van der Waals surface area (Å²) in [5.74, 6) is -1.35. The molecule has 2 aromatic rings. The molecule has 0 aliphatic heterocycles. The quantitative estimate of drug-likeness (QED) is 0.122. The molecule has 0 saturated heterocycles. The van der Waals surface area contributed by atoms with Crippen molar-refractivity contribution >= 4 is 24.6 Å². The first kappa shape index (κ1) is 29.9. The first-order valence-corrected chi connectivity index (χ1v) is 10.5. The van der Waals surface area contributed by atoms with Gasteiger partial charge in [0, 0.05) is 0 Å². The van der Waals surface area contributed by atoms with E-state index in [9.17, 15) is 19.2 Å². The van der Waals surface area contributed by atoms with Crippen LogP contribution in [0, 0.1) is 0 Å². The summed E-state index contributed by atoms with van der Waals surface area (Å²) in [6.45, 7) is 9.97. The number of hydrogen-bond acceptors (Lipinski definition) is 8. The number of carboxylic acid groups (broad SMARTS) is 1. The van der Waals surface area contributed by atoms with Gasteiger partial charge in [-0.3, -0.25) is 4.79 Å². The van der Waals surface area contributed by atoms with Gasteiger partial charge in [0.25, 0.3) is 6.47 Å². The van der Waals surface area contributed by atoms with Crippen LogP contribution in [0.3, 0.4) is 0 Å². The van der Waals surface area contributed by atoms with Gasteiger partial charge in [0.15, 0.2) is 0 Å². The van der Waals surface area contributed by atoms with Gasteiger partial charge >= 0.3 is 18.1 Å². The normalized spacial score (nSPS) is 9.03. The van der Waals surface area contributed by atoms with Gasteiger partial charge in [-0.25, -0.2) is 14.4 Å².